The van der Waals surface area contributed by atoms with E-state index in [0.717, 1.165) is 34.9 Å². The highest BCUT2D eigenvalue weighted by atomic mass is 32.2. The summed E-state index contributed by atoms with van der Waals surface area (Å²) in [5.41, 5.74) is 2.08. The lowest BCUT2D eigenvalue weighted by Crippen LogP contribution is -2.31. The van der Waals surface area contributed by atoms with Crippen LogP contribution in [0.4, 0.5) is 0 Å². The van der Waals surface area contributed by atoms with Gasteiger partial charge in [0.25, 0.3) is 0 Å². The summed E-state index contributed by atoms with van der Waals surface area (Å²) in [5.74, 6) is 1.25. The van der Waals surface area contributed by atoms with Gasteiger partial charge in [-0.25, -0.2) is 0 Å². The molecule has 6 nitrogen and oxygen atoms in total. The molecule has 0 saturated heterocycles. The van der Waals surface area contributed by atoms with Gasteiger partial charge in [0.1, 0.15) is 0 Å². The highest BCUT2D eigenvalue weighted by molar-refractivity contribution is 7.99. The molecule has 0 bridgehead atoms. The van der Waals surface area contributed by atoms with Crippen LogP contribution in [-0.2, 0) is 4.79 Å². The van der Waals surface area contributed by atoms with E-state index in [-0.39, 0.29) is 11.9 Å². The quantitative estimate of drug-likeness (QED) is 0.568. The van der Waals surface area contributed by atoms with Gasteiger partial charge in [0.15, 0.2) is 11.0 Å². The van der Waals surface area contributed by atoms with Crippen LogP contribution in [-0.4, -0.2) is 43.4 Å². The van der Waals surface area contributed by atoms with Crippen LogP contribution in [0, 0.1) is 0 Å². The van der Waals surface area contributed by atoms with E-state index >= 15 is 0 Å². The molecule has 7 heteroatoms. The Morgan fingerprint density at radius 2 is 2.00 bits per heavy atom. The molecule has 0 unspecified atom stereocenters. The lowest BCUT2D eigenvalue weighted by Gasteiger charge is -2.25. The first-order chi connectivity index (χ1) is 13.6. The number of rotatable bonds is 7. The van der Waals surface area contributed by atoms with E-state index < -0.39 is 0 Å². The molecule has 1 aromatic carbocycles. The van der Waals surface area contributed by atoms with Gasteiger partial charge in [0.05, 0.1) is 11.8 Å². The lowest BCUT2D eigenvalue weighted by molar-refractivity contribution is -0.128. The fourth-order valence-corrected chi connectivity index (χ4v) is 4.06. The second kappa shape index (κ2) is 8.14. The van der Waals surface area contributed by atoms with Gasteiger partial charge >= 0.3 is 0 Å². The van der Waals surface area contributed by atoms with Crippen molar-refractivity contribution in [1.29, 1.82) is 0 Å². The average molecular weight is 394 g/mol. The maximum absolute atomic E-state index is 12.7. The van der Waals surface area contributed by atoms with Crippen LogP contribution < -0.4 is 0 Å². The van der Waals surface area contributed by atoms with Crippen LogP contribution in [0.25, 0.3) is 11.4 Å². The van der Waals surface area contributed by atoms with Gasteiger partial charge in [-0.1, -0.05) is 42.1 Å². The molecule has 1 saturated carbocycles. The summed E-state index contributed by atoms with van der Waals surface area (Å²) < 4.78 is 2.16. The molecule has 1 amide bonds. The van der Waals surface area contributed by atoms with Crippen molar-refractivity contribution in [3.8, 4) is 11.4 Å². The van der Waals surface area contributed by atoms with Crippen LogP contribution in [0.3, 0.4) is 0 Å². The third-order valence-corrected chi connectivity index (χ3v) is 6.01. The molecule has 2 aromatic heterocycles. The van der Waals surface area contributed by atoms with E-state index in [0.29, 0.717) is 11.8 Å². The van der Waals surface area contributed by atoms with Gasteiger partial charge < -0.3 is 4.90 Å². The zero-order valence-corrected chi connectivity index (χ0v) is 16.8. The number of hydrogen-bond donors (Lipinski definition) is 0. The number of hydrogen-bond acceptors (Lipinski definition) is 5. The van der Waals surface area contributed by atoms with E-state index in [9.17, 15) is 4.79 Å². The second-order valence-electron chi connectivity index (χ2n) is 7.03. The maximum atomic E-state index is 12.7. The normalized spacial score (nSPS) is 14.6. The van der Waals surface area contributed by atoms with Crippen molar-refractivity contribution in [2.45, 2.75) is 37.0 Å². The van der Waals surface area contributed by atoms with E-state index in [2.05, 4.69) is 19.7 Å². The standard InChI is InChI=1S/C21H23N5OS/c1-15(16-7-4-3-5-8-16)25(2)19(27)14-28-21-24-23-20(26(21)18-10-11-18)17-9-6-12-22-13-17/h3-9,12-13,15,18H,10-11,14H2,1-2H3/t15-/m0/s1. The van der Waals surface area contributed by atoms with Gasteiger partial charge in [-0.3, -0.25) is 14.3 Å². The first-order valence-electron chi connectivity index (χ1n) is 9.44. The Bertz CT molecular complexity index is 940. The average Bonchev–Trinajstić information content (AvgIpc) is 3.51. The number of pyridine rings is 1. The summed E-state index contributed by atoms with van der Waals surface area (Å²) in [6.45, 7) is 2.05. The number of benzene rings is 1. The molecular formula is C21H23N5OS. The fraction of sp³-hybridized carbons (Fsp3) is 0.333. The molecule has 1 fully saturated rings. The number of nitrogens with zero attached hydrogens (tertiary/aromatic N) is 5. The van der Waals surface area contributed by atoms with Crippen molar-refractivity contribution in [3.05, 3.63) is 60.4 Å². The van der Waals surface area contributed by atoms with Crippen LogP contribution in [0.2, 0.25) is 0 Å². The first-order valence-corrected chi connectivity index (χ1v) is 10.4. The van der Waals surface area contributed by atoms with E-state index in [1.807, 2.05) is 56.4 Å². The first kappa shape index (κ1) is 18.7. The molecule has 2 heterocycles. The number of carbonyl (C=O) groups is 1. The third-order valence-electron chi connectivity index (χ3n) is 5.08. The molecule has 0 spiro atoms. The molecular weight excluding hydrogens is 370 g/mol. The zero-order chi connectivity index (χ0) is 19.5. The summed E-state index contributed by atoms with van der Waals surface area (Å²) in [7, 11) is 1.85. The molecule has 3 aromatic rings. The Morgan fingerprint density at radius 1 is 1.21 bits per heavy atom. The van der Waals surface area contributed by atoms with Crippen LogP contribution >= 0.6 is 11.8 Å². The zero-order valence-electron chi connectivity index (χ0n) is 16.0. The summed E-state index contributed by atoms with van der Waals surface area (Å²) in [6.07, 6.45) is 5.80. The topological polar surface area (TPSA) is 63.9 Å². The Balaban J connectivity index is 1.46. The largest absolute Gasteiger partial charge is 0.338 e. The second-order valence-corrected chi connectivity index (χ2v) is 7.97. The minimum Gasteiger partial charge on any atom is -0.338 e. The van der Waals surface area contributed by atoms with Gasteiger partial charge in [0.2, 0.25) is 5.91 Å². The molecule has 0 radical (unpaired) electrons. The highest BCUT2D eigenvalue weighted by Gasteiger charge is 2.30. The van der Waals surface area contributed by atoms with Crippen molar-refractivity contribution in [2.24, 2.45) is 0 Å². The molecule has 1 atom stereocenters. The van der Waals surface area contributed by atoms with E-state index in [4.69, 9.17) is 0 Å². The van der Waals surface area contributed by atoms with Gasteiger partial charge in [0, 0.05) is 31.0 Å². The predicted octanol–water partition coefficient (Wildman–Crippen LogP) is 3.99. The number of aromatic nitrogens is 4. The number of thioether (sulfide) groups is 1. The van der Waals surface area contributed by atoms with E-state index in [1.165, 1.54) is 11.8 Å². The van der Waals surface area contributed by atoms with E-state index in [1.54, 1.807) is 17.3 Å². The Hall–Kier alpha value is -2.67. The highest BCUT2D eigenvalue weighted by Crippen LogP contribution is 2.41. The lowest BCUT2D eigenvalue weighted by atomic mass is 10.1. The minimum absolute atomic E-state index is 0.0292. The van der Waals surface area contributed by atoms with Gasteiger partial charge in [-0.05, 0) is 37.5 Å². The summed E-state index contributed by atoms with van der Waals surface area (Å²) in [4.78, 5) is 18.7. The van der Waals surface area contributed by atoms with Gasteiger partial charge in [-0.15, -0.1) is 10.2 Å². The fourth-order valence-electron chi connectivity index (χ4n) is 3.13. The predicted molar refractivity (Wildman–Crippen MR) is 110 cm³/mol. The summed E-state index contributed by atoms with van der Waals surface area (Å²) >= 11 is 1.46. The molecule has 0 N–H and O–H groups in total. The maximum Gasteiger partial charge on any atom is 0.233 e. The molecule has 4 rings (SSSR count). The smallest absolute Gasteiger partial charge is 0.233 e. The molecule has 1 aliphatic rings. The molecule has 144 valence electrons. The minimum atomic E-state index is 0.0292. The molecule has 0 aliphatic heterocycles. The summed E-state index contributed by atoms with van der Waals surface area (Å²) in [5, 5.41) is 9.55. The van der Waals surface area contributed by atoms with Crippen molar-refractivity contribution < 1.29 is 4.79 Å². The van der Waals surface area contributed by atoms with Crippen molar-refractivity contribution in [3.63, 3.8) is 0 Å². The summed E-state index contributed by atoms with van der Waals surface area (Å²) in [6, 6.07) is 14.4. The molecule has 28 heavy (non-hydrogen) atoms. The number of amides is 1. The number of carbonyl (C=O) groups excluding carboxylic acids is 1. The van der Waals surface area contributed by atoms with Crippen molar-refractivity contribution >= 4 is 17.7 Å². The van der Waals surface area contributed by atoms with Gasteiger partial charge in [-0.2, -0.15) is 0 Å². The third kappa shape index (κ3) is 3.94. The van der Waals surface area contributed by atoms with Crippen molar-refractivity contribution in [1.82, 2.24) is 24.6 Å². The Morgan fingerprint density at radius 3 is 2.68 bits per heavy atom. The van der Waals surface area contributed by atoms with Crippen LogP contribution in [0.1, 0.15) is 37.4 Å². The monoisotopic (exact) mass is 393 g/mol. The Kier molecular flexibility index (Phi) is 5.43. The molecule has 1 aliphatic carbocycles. The van der Waals surface area contributed by atoms with Crippen LogP contribution in [0.5, 0.6) is 0 Å². The van der Waals surface area contributed by atoms with Crippen molar-refractivity contribution in [2.75, 3.05) is 12.8 Å². The van der Waals surface area contributed by atoms with Crippen LogP contribution in [0.15, 0.2) is 60.0 Å². The SMILES string of the molecule is C[C@@H](c1ccccc1)N(C)C(=O)CSc1nnc(-c2cccnc2)n1C1CC1. The Labute approximate surface area is 169 Å².